The average molecular weight is 345 g/mol. The van der Waals surface area contributed by atoms with E-state index in [0.717, 1.165) is 25.7 Å². The molecule has 0 aromatic heterocycles. The van der Waals surface area contributed by atoms with Gasteiger partial charge in [0.05, 0.1) is 0 Å². The van der Waals surface area contributed by atoms with E-state index in [1.165, 1.54) is 11.1 Å². The lowest BCUT2D eigenvalue weighted by molar-refractivity contribution is 0.132. The van der Waals surface area contributed by atoms with E-state index in [-0.39, 0.29) is 11.9 Å². The van der Waals surface area contributed by atoms with E-state index < -0.39 is 0 Å². The normalized spacial score (nSPS) is 14.6. The van der Waals surface area contributed by atoms with Gasteiger partial charge in [0.15, 0.2) is 0 Å². The number of hydrogen-bond donors (Lipinski definition) is 1. The van der Waals surface area contributed by atoms with Gasteiger partial charge < -0.3 is 9.84 Å². The van der Waals surface area contributed by atoms with E-state index in [2.05, 4.69) is 56.4 Å². The summed E-state index contributed by atoms with van der Waals surface area (Å²) in [5, 5.41) is 9.76. The van der Waals surface area contributed by atoms with Gasteiger partial charge in [0.2, 0.25) is 0 Å². The fraction of sp³-hybridized carbons (Fsp3) is 0.478. The van der Waals surface area contributed by atoms with Crippen molar-refractivity contribution in [2.45, 2.75) is 73.3 Å². The van der Waals surface area contributed by atoms with Crippen LogP contribution in [0.15, 0.2) is 71.3 Å². The molecule has 1 unspecified atom stereocenters. The number of aliphatic hydroxyl groups excluding tert-OH is 1. The molecule has 140 valence electrons. The zero-order valence-electron chi connectivity index (χ0n) is 16.9. The van der Waals surface area contributed by atoms with Crippen LogP contribution in [-0.4, -0.2) is 11.2 Å². The highest BCUT2D eigenvalue weighted by molar-refractivity contribution is 5.27. The summed E-state index contributed by atoms with van der Waals surface area (Å²) in [4.78, 5) is 0. The lowest BCUT2D eigenvalue weighted by Crippen LogP contribution is -2.17. The highest BCUT2D eigenvalue weighted by Gasteiger charge is 2.18. The van der Waals surface area contributed by atoms with Gasteiger partial charge in [-0.05, 0) is 66.4 Å². The van der Waals surface area contributed by atoms with E-state index >= 15 is 0 Å². The number of rotatable bonds is 11. The second-order valence-electron chi connectivity index (χ2n) is 6.00. The molecular weight excluding hydrogens is 308 g/mol. The molecule has 0 spiro atoms. The van der Waals surface area contributed by atoms with Crippen molar-refractivity contribution in [1.29, 1.82) is 0 Å². The molecule has 25 heavy (non-hydrogen) atoms. The molecule has 0 aromatic carbocycles. The number of aliphatic hydroxyl groups is 1. The maximum Gasteiger partial charge on any atom is 0.131 e. The zero-order valence-corrected chi connectivity index (χ0v) is 16.9. The summed E-state index contributed by atoms with van der Waals surface area (Å²) in [5.41, 5.74) is 2.68. The third-order valence-electron chi connectivity index (χ3n) is 4.03. The molecule has 0 bridgehead atoms. The molecule has 0 radical (unpaired) electrons. The Morgan fingerprint density at radius 3 is 1.72 bits per heavy atom. The van der Waals surface area contributed by atoms with Crippen LogP contribution >= 0.6 is 0 Å². The summed E-state index contributed by atoms with van der Waals surface area (Å²) in [7, 11) is 0. The summed E-state index contributed by atoms with van der Waals surface area (Å²) >= 11 is 0. The van der Waals surface area contributed by atoms with Crippen molar-refractivity contribution < 1.29 is 9.84 Å². The van der Waals surface area contributed by atoms with Crippen molar-refractivity contribution >= 4 is 0 Å². The summed E-state index contributed by atoms with van der Waals surface area (Å²) in [6.45, 7) is 11.6. The maximum atomic E-state index is 9.76. The van der Waals surface area contributed by atoms with Gasteiger partial charge in [-0.2, -0.15) is 0 Å². The van der Waals surface area contributed by atoms with Gasteiger partial charge in [-0.1, -0.05) is 54.2 Å². The summed E-state index contributed by atoms with van der Waals surface area (Å²) < 4.78 is 6.15. The largest absolute Gasteiger partial charge is 0.509 e. The molecule has 0 fully saturated rings. The van der Waals surface area contributed by atoms with Crippen LogP contribution in [-0.2, 0) is 4.74 Å². The SMILES string of the molecule is C/C=C/CC(C/C=C/C)=C(C/C=C/C)C(C/C=C/C)O/C(C)=C(/C)O. The summed E-state index contributed by atoms with van der Waals surface area (Å²) in [5.74, 6) is 0.822. The Kier molecular flexibility index (Phi) is 13.3. The van der Waals surface area contributed by atoms with Gasteiger partial charge in [0.25, 0.3) is 0 Å². The van der Waals surface area contributed by atoms with E-state index in [1.807, 2.05) is 26.8 Å². The lowest BCUT2D eigenvalue weighted by Gasteiger charge is -2.24. The Morgan fingerprint density at radius 2 is 1.28 bits per heavy atom. The molecule has 0 aromatic rings. The maximum absolute atomic E-state index is 9.76. The minimum Gasteiger partial charge on any atom is -0.509 e. The molecule has 1 N–H and O–H groups in total. The van der Waals surface area contributed by atoms with Crippen LogP contribution in [0.25, 0.3) is 0 Å². The molecule has 0 heterocycles. The average Bonchev–Trinajstić information content (AvgIpc) is 2.60. The van der Waals surface area contributed by atoms with Crippen LogP contribution in [0.1, 0.15) is 67.2 Å². The van der Waals surface area contributed by atoms with Crippen molar-refractivity contribution in [2.24, 2.45) is 0 Å². The third-order valence-corrected chi connectivity index (χ3v) is 4.03. The van der Waals surface area contributed by atoms with Crippen molar-refractivity contribution in [3.63, 3.8) is 0 Å². The minimum atomic E-state index is -0.0694. The second kappa shape index (κ2) is 14.4. The third kappa shape index (κ3) is 9.81. The molecule has 0 aliphatic rings. The van der Waals surface area contributed by atoms with E-state index in [4.69, 9.17) is 4.74 Å². The minimum absolute atomic E-state index is 0.0694. The van der Waals surface area contributed by atoms with E-state index in [0.29, 0.717) is 5.76 Å². The first-order valence-electron chi connectivity index (χ1n) is 9.20. The highest BCUT2D eigenvalue weighted by Crippen LogP contribution is 2.27. The molecule has 0 saturated heterocycles. The monoisotopic (exact) mass is 344 g/mol. The second-order valence-corrected chi connectivity index (χ2v) is 6.00. The van der Waals surface area contributed by atoms with Crippen molar-refractivity contribution in [2.75, 3.05) is 0 Å². The van der Waals surface area contributed by atoms with Crippen LogP contribution in [0.3, 0.4) is 0 Å². The lowest BCUT2D eigenvalue weighted by atomic mass is 9.92. The molecule has 0 rings (SSSR count). The fourth-order valence-corrected chi connectivity index (χ4v) is 2.43. The quantitative estimate of drug-likeness (QED) is 0.314. The Morgan fingerprint density at radius 1 is 0.800 bits per heavy atom. The van der Waals surface area contributed by atoms with Crippen molar-refractivity contribution in [3.8, 4) is 0 Å². The van der Waals surface area contributed by atoms with Crippen molar-refractivity contribution in [1.82, 2.24) is 0 Å². The Balaban J connectivity index is 6.01. The molecular formula is C23H36O2. The van der Waals surface area contributed by atoms with Gasteiger partial charge in [-0.3, -0.25) is 0 Å². The van der Waals surface area contributed by atoms with Crippen LogP contribution in [0.4, 0.5) is 0 Å². The van der Waals surface area contributed by atoms with E-state index in [1.54, 1.807) is 6.92 Å². The summed E-state index contributed by atoms with van der Waals surface area (Å²) in [6, 6.07) is 0. The molecule has 2 heteroatoms. The molecule has 1 atom stereocenters. The standard InChI is InChI=1S/C23H36O2/c1-7-11-15-21(16-12-8-2)22(17-13-9-3)23(18-14-10-4)25-20(6)19(5)24/h7-14,23-24H,15-18H2,1-6H3/b11-7+,12-8+,13-9+,14-10+,20-19-. The first kappa shape index (κ1) is 23.0. The Hall–Kier alpha value is -1.96. The molecule has 0 saturated carbocycles. The zero-order chi connectivity index (χ0) is 19.1. The summed E-state index contributed by atoms with van der Waals surface area (Å²) in [6.07, 6.45) is 20.4. The number of ether oxygens (including phenoxy) is 1. The van der Waals surface area contributed by atoms with Gasteiger partial charge in [0.1, 0.15) is 17.6 Å². The smallest absolute Gasteiger partial charge is 0.131 e. The topological polar surface area (TPSA) is 29.5 Å². The van der Waals surface area contributed by atoms with Crippen LogP contribution in [0.2, 0.25) is 0 Å². The predicted molar refractivity (Wildman–Crippen MR) is 111 cm³/mol. The Labute approximate surface area is 155 Å². The number of hydrogen-bond acceptors (Lipinski definition) is 2. The first-order chi connectivity index (χ1) is 12.0. The first-order valence-corrected chi connectivity index (χ1v) is 9.20. The highest BCUT2D eigenvalue weighted by atomic mass is 16.5. The van der Waals surface area contributed by atoms with Gasteiger partial charge in [-0.15, -0.1) is 0 Å². The van der Waals surface area contributed by atoms with Crippen LogP contribution < -0.4 is 0 Å². The molecule has 0 aliphatic carbocycles. The van der Waals surface area contributed by atoms with Gasteiger partial charge in [-0.25, -0.2) is 0 Å². The molecule has 0 aliphatic heterocycles. The van der Waals surface area contributed by atoms with Crippen LogP contribution in [0.5, 0.6) is 0 Å². The van der Waals surface area contributed by atoms with Gasteiger partial charge in [0, 0.05) is 6.42 Å². The molecule has 0 amide bonds. The number of allylic oxidation sites excluding steroid dienone is 10. The predicted octanol–water partition coefficient (Wildman–Crippen LogP) is 7.34. The fourth-order valence-electron chi connectivity index (χ4n) is 2.43. The van der Waals surface area contributed by atoms with E-state index in [9.17, 15) is 5.11 Å². The van der Waals surface area contributed by atoms with Crippen LogP contribution in [0, 0.1) is 0 Å². The van der Waals surface area contributed by atoms with Crippen molar-refractivity contribution in [3.05, 3.63) is 71.3 Å². The molecule has 2 nitrogen and oxygen atoms in total. The van der Waals surface area contributed by atoms with Gasteiger partial charge >= 0.3 is 0 Å². The Bertz CT molecular complexity index is 522.